The minimum atomic E-state index is -3.68. The van der Waals surface area contributed by atoms with E-state index in [9.17, 15) is 13.5 Å². The number of sulfonamides is 1. The van der Waals surface area contributed by atoms with Crippen LogP contribution in [-0.4, -0.2) is 18.5 Å². The zero-order valence-electron chi connectivity index (χ0n) is 11.2. The molecule has 1 unspecified atom stereocenters. The zero-order chi connectivity index (χ0) is 14.8. The standard InChI is InChI=1S/C13H16N2O3S2/c1-9-7-14-13(19-9)10(2)15-20(17,18)12-6-4-3-5-11(12)8-16/h3-7,10,15-16H,8H2,1-2H3. The number of benzene rings is 1. The molecular weight excluding hydrogens is 296 g/mol. The normalized spacial score (nSPS) is 13.3. The van der Waals surface area contributed by atoms with Gasteiger partial charge in [-0.1, -0.05) is 18.2 Å². The first kappa shape index (κ1) is 15.1. The molecule has 7 heteroatoms. The fourth-order valence-electron chi connectivity index (χ4n) is 1.82. The molecule has 0 aliphatic carbocycles. The van der Waals surface area contributed by atoms with Gasteiger partial charge in [0.15, 0.2) is 0 Å². The van der Waals surface area contributed by atoms with Crippen molar-refractivity contribution < 1.29 is 13.5 Å². The van der Waals surface area contributed by atoms with Crippen LogP contribution < -0.4 is 4.72 Å². The van der Waals surface area contributed by atoms with Crippen LogP contribution in [0.5, 0.6) is 0 Å². The number of nitrogens with zero attached hydrogens (tertiary/aromatic N) is 1. The van der Waals surface area contributed by atoms with Gasteiger partial charge in [0, 0.05) is 11.1 Å². The van der Waals surface area contributed by atoms with Crippen LogP contribution in [0.15, 0.2) is 35.4 Å². The van der Waals surface area contributed by atoms with Crippen molar-refractivity contribution in [3.05, 3.63) is 45.9 Å². The maximum Gasteiger partial charge on any atom is 0.241 e. The fraction of sp³-hybridized carbons (Fsp3) is 0.308. The summed E-state index contributed by atoms with van der Waals surface area (Å²) in [7, 11) is -3.68. The van der Waals surface area contributed by atoms with Crippen molar-refractivity contribution in [3.8, 4) is 0 Å². The van der Waals surface area contributed by atoms with Crippen LogP contribution in [0.3, 0.4) is 0 Å². The molecule has 0 saturated carbocycles. The molecule has 0 bridgehead atoms. The molecule has 0 radical (unpaired) electrons. The van der Waals surface area contributed by atoms with Gasteiger partial charge in [0.25, 0.3) is 0 Å². The molecule has 1 heterocycles. The Balaban J connectivity index is 2.27. The monoisotopic (exact) mass is 312 g/mol. The molecule has 0 fully saturated rings. The molecule has 0 aliphatic rings. The number of aliphatic hydroxyl groups is 1. The molecule has 1 atom stereocenters. The van der Waals surface area contributed by atoms with E-state index in [4.69, 9.17) is 0 Å². The predicted molar refractivity (Wildman–Crippen MR) is 78.0 cm³/mol. The summed E-state index contributed by atoms with van der Waals surface area (Å²) in [5.74, 6) is 0. The van der Waals surface area contributed by atoms with Crippen molar-refractivity contribution in [2.45, 2.75) is 31.4 Å². The molecule has 2 rings (SSSR count). The highest BCUT2D eigenvalue weighted by molar-refractivity contribution is 7.89. The molecule has 0 spiro atoms. The Morgan fingerprint density at radius 1 is 1.40 bits per heavy atom. The molecule has 2 N–H and O–H groups in total. The minimum Gasteiger partial charge on any atom is -0.392 e. The number of thiazole rings is 1. The van der Waals surface area contributed by atoms with E-state index in [0.29, 0.717) is 10.6 Å². The van der Waals surface area contributed by atoms with Crippen LogP contribution in [0.1, 0.15) is 28.4 Å². The molecule has 0 aliphatic heterocycles. The average molecular weight is 312 g/mol. The van der Waals surface area contributed by atoms with E-state index in [1.165, 1.54) is 17.4 Å². The second-order valence-electron chi connectivity index (χ2n) is 4.42. The van der Waals surface area contributed by atoms with Crippen molar-refractivity contribution in [2.24, 2.45) is 0 Å². The fourth-order valence-corrected chi connectivity index (χ4v) is 4.11. The van der Waals surface area contributed by atoms with E-state index < -0.39 is 16.1 Å². The molecule has 0 saturated heterocycles. The van der Waals surface area contributed by atoms with E-state index >= 15 is 0 Å². The lowest BCUT2D eigenvalue weighted by atomic mass is 10.2. The van der Waals surface area contributed by atoms with Crippen LogP contribution >= 0.6 is 11.3 Å². The molecule has 2 aromatic rings. The van der Waals surface area contributed by atoms with E-state index in [2.05, 4.69) is 9.71 Å². The van der Waals surface area contributed by atoms with Gasteiger partial charge in [-0.2, -0.15) is 0 Å². The average Bonchev–Trinajstić information content (AvgIpc) is 2.85. The first-order chi connectivity index (χ1) is 9.44. The Hall–Kier alpha value is -1.28. The van der Waals surface area contributed by atoms with Gasteiger partial charge >= 0.3 is 0 Å². The van der Waals surface area contributed by atoms with Gasteiger partial charge in [-0.05, 0) is 25.5 Å². The summed E-state index contributed by atoms with van der Waals surface area (Å²) in [6.45, 7) is 3.35. The highest BCUT2D eigenvalue weighted by Crippen LogP contribution is 2.22. The summed E-state index contributed by atoms with van der Waals surface area (Å²) in [6.07, 6.45) is 1.71. The number of hydrogen-bond acceptors (Lipinski definition) is 5. The van der Waals surface area contributed by atoms with Crippen LogP contribution in [0.4, 0.5) is 0 Å². The summed E-state index contributed by atoms with van der Waals surface area (Å²) in [5.41, 5.74) is 0.377. The molecule has 1 aromatic carbocycles. The molecule has 0 amide bonds. The number of aliphatic hydroxyl groups excluding tert-OH is 1. The number of aryl methyl sites for hydroxylation is 1. The predicted octanol–water partition coefficient (Wildman–Crippen LogP) is 1.98. The molecule has 20 heavy (non-hydrogen) atoms. The number of hydrogen-bond donors (Lipinski definition) is 2. The first-order valence-corrected chi connectivity index (χ1v) is 8.37. The second-order valence-corrected chi connectivity index (χ2v) is 7.37. The molecule has 5 nitrogen and oxygen atoms in total. The van der Waals surface area contributed by atoms with E-state index in [-0.39, 0.29) is 11.5 Å². The van der Waals surface area contributed by atoms with Gasteiger partial charge < -0.3 is 5.11 Å². The maximum atomic E-state index is 12.4. The van der Waals surface area contributed by atoms with Gasteiger partial charge in [0.05, 0.1) is 17.5 Å². The van der Waals surface area contributed by atoms with Crippen LogP contribution in [0.2, 0.25) is 0 Å². The van der Waals surface area contributed by atoms with Gasteiger partial charge in [-0.3, -0.25) is 0 Å². The van der Waals surface area contributed by atoms with Gasteiger partial charge in [-0.25, -0.2) is 18.1 Å². The first-order valence-electron chi connectivity index (χ1n) is 6.07. The highest BCUT2D eigenvalue weighted by Gasteiger charge is 2.22. The van der Waals surface area contributed by atoms with E-state index in [1.807, 2.05) is 6.92 Å². The summed E-state index contributed by atoms with van der Waals surface area (Å²) in [6, 6.07) is 5.98. The Kier molecular flexibility index (Phi) is 4.54. The highest BCUT2D eigenvalue weighted by atomic mass is 32.2. The molecule has 1 aromatic heterocycles. The number of aromatic nitrogens is 1. The minimum absolute atomic E-state index is 0.0997. The lowest BCUT2D eigenvalue weighted by Crippen LogP contribution is -2.27. The lowest BCUT2D eigenvalue weighted by molar-refractivity contribution is 0.278. The van der Waals surface area contributed by atoms with Crippen molar-refractivity contribution in [3.63, 3.8) is 0 Å². The summed E-state index contributed by atoms with van der Waals surface area (Å²) < 4.78 is 27.3. The van der Waals surface area contributed by atoms with Gasteiger partial charge in [0.2, 0.25) is 10.0 Å². The Bertz CT molecular complexity index is 695. The third kappa shape index (κ3) is 3.24. The summed E-state index contributed by atoms with van der Waals surface area (Å²) >= 11 is 1.45. The third-order valence-corrected chi connectivity index (χ3v) is 5.51. The van der Waals surface area contributed by atoms with E-state index in [0.717, 1.165) is 4.88 Å². The summed E-state index contributed by atoms with van der Waals surface area (Å²) in [5, 5.41) is 9.95. The van der Waals surface area contributed by atoms with E-state index in [1.54, 1.807) is 31.3 Å². The van der Waals surface area contributed by atoms with Crippen molar-refractivity contribution in [2.75, 3.05) is 0 Å². The largest absolute Gasteiger partial charge is 0.392 e. The van der Waals surface area contributed by atoms with Gasteiger partial charge in [-0.15, -0.1) is 11.3 Å². The topological polar surface area (TPSA) is 79.3 Å². The smallest absolute Gasteiger partial charge is 0.241 e. The number of rotatable bonds is 5. The quantitative estimate of drug-likeness (QED) is 0.885. The Labute approximate surface area is 122 Å². The van der Waals surface area contributed by atoms with Crippen molar-refractivity contribution >= 4 is 21.4 Å². The maximum absolute atomic E-state index is 12.4. The lowest BCUT2D eigenvalue weighted by Gasteiger charge is -2.14. The second kappa shape index (κ2) is 6.01. The third-order valence-electron chi connectivity index (χ3n) is 2.77. The van der Waals surface area contributed by atoms with Gasteiger partial charge in [0.1, 0.15) is 5.01 Å². The van der Waals surface area contributed by atoms with Crippen molar-refractivity contribution in [1.29, 1.82) is 0 Å². The zero-order valence-corrected chi connectivity index (χ0v) is 12.8. The van der Waals surface area contributed by atoms with Crippen LogP contribution in [-0.2, 0) is 16.6 Å². The van der Waals surface area contributed by atoms with Crippen molar-refractivity contribution in [1.82, 2.24) is 9.71 Å². The van der Waals surface area contributed by atoms with Crippen LogP contribution in [0.25, 0.3) is 0 Å². The number of nitrogens with one attached hydrogen (secondary N) is 1. The molecular formula is C13H16N2O3S2. The summed E-state index contributed by atoms with van der Waals surface area (Å²) in [4.78, 5) is 5.31. The Morgan fingerprint density at radius 3 is 2.70 bits per heavy atom. The van der Waals surface area contributed by atoms with Crippen LogP contribution in [0, 0.1) is 6.92 Å². The SMILES string of the molecule is Cc1cnc(C(C)NS(=O)(=O)c2ccccc2CO)s1. The molecule has 108 valence electrons. The Morgan fingerprint density at radius 2 is 2.10 bits per heavy atom.